The van der Waals surface area contributed by atoms with Gasteiger partial charge in [0.05, 0.1) is 0 Å². The molecule has 0 fully saturated rings. The van der Waals surface area contributed by atoms with Gasteiger partial charge < -0.3 is 0 Å². The van der Waals surface area contributed by atoms with Gasteiger partial charge >= 0.3 is 0 Å². The van der Waals surface area contributed by atoms with Gasteiger partial charge in [-0.25, -0.2) is 0 Å². The van der Waals surface area contributed by atoms with Gasteiger partial charge in [0.15, 0.2) is 0 Å². The van der Waals surface area contributed by atoms with Gasteiger partial charge in [0, 0.05) is 5.92 Å². The predicted molar refractivity (Wildman–Crippen MR) is 78.4 cm³/mol. The minimum atomic E-state index is 0.318. The zero-order valence-electron chi connectivity index (χ0n) is 12.4. The number of aldehydes is 1. The number of rotatable bonds is 4. The van der Waals surface area contributed by atoms with Crippen LogP contribution in [0.2, 0.25) is 0 Å². The van der Waals surface area contributed by atoms with Gasteiger partial charge in [0.2, 0.25) is 0 Å². The van der Waals surface area contributed by atoms with Crippen molar-refractivity contribution < 1.29 is 4.79 Å². The van der Waals surface area contributed by atoms with E-state index in [1.807, 2.05) is 0 Å². The van der Waals surface area contributed by atoms with E-state index in [1.54, 1.807) is 6.08 Å². The molecule has 0 heterocycles. The lowest BCUT2D eigenvalue weighted by Crippen LogP contribution is -2.26. The smallest absolute Gasteiger partial charge is 0.143 e. The Labute approximate surface area is 112 Å². The van der Waals surface area contributed by atoms with Gasteiger partial charge in [0.25, 0.3) is 0 Å². The molecule has 0 aromatic carbocycles. The Bertz CT molecular complexity index is 380. The van der Waals surface area contributed by atoms with Crippen molar-refractivity contribution in [2.45, 2.75) is 47.5 Å². The molecule has 1 heteroatoms. The predicted octanol–water partition coefficient (Wildman–Crippen LogP) is 4.71. The molecule has 100 valence electrons. The maximum Gasteiger partial charge on any atom is 0.143 e. The standard InChI is InChI=1S/C17H26O/c1-13(2)15(10-12-18)8-9-16-14(3)7-6-11-17(16,4)5/h7-10,12-13,16H,6,11H2,1-5H3/b9-8+,15-10-. The van der Waals surface area contributed by atoms with Crippen LogP contribution in [0.3, 0.4) is 0 Å². The summed E-state index contributed by atoms with van der Waals surface area (Å²) in [6, 6.07) is 0. The molecule has 0 aromatic rings. The monoisotopic (exact) mass is 246 g/mol. The summed E-state index contributed by atoms with van der Waals surface area (Å²) in [6.45, 7) is 11.1. The molecule has 0 aliphatic heterocycles. The fourth-order valence-corrected chi connectivity index (χ4v) is 2.71. The van der Waals surface area contributed by atoms with Crippen LogP contribution in [-0.2, 0) is 4.79 Å². The second-order valence-electron chi connectivity index (χ2n) is 6.27. The first-order chi connectivity index (χ1) is 8.38. The summed E-state index contributed by atoms with van der Waals surface area (Å²) in [6.07, 6.45) is 11.7. The van der Waals surface area contributed by atoms with Crippen molar-refractivity contribution in [3.05, 3.63) is 35.5 Å². The fourth-order valence-electron chi connectivity index (χ4n) is 2.71. The molecule has 0 N–H and O–H groups in total. The van der Waals surface area contributed by atoms with Crippen LogP contribution in [0.1, 0.15) is 47.5 Å². The highest BCUT2D eigenvalue weighted by Crippen LogP contribution is 2.41. The lowest BCUT2D eigenvalue weighted by Gasteiger charge is -2.36. The topological polar surface area (TPSA) is 17.1 Å². The van der Waals surface area contributed by atoms with Crippen LogP contribution >= 0.6 is 0 Å². The van der Waals surface area contributed by atoms with Crippen LogP contribution in [0.4, 0.5) is 0 Å². The van der Waals surface area contributed by atoms with E-state index in [1.165, 1.54) is 18.4 Å². The minimum Gasteiger partial charge on any atom is -0.299 e. The molecule has 1 aliphatic rings. The summed E-state index contributed by atoms with van der Waals surface area (Å²) >= 11 is 0. The lowest BCUT2D eigenvalue weighted by molar-refractivity contribution is -0.104. The van der Waals surface area contributed by atoms with Crippen molar-refractivity contribution in [2.24, 2.45) is 17.3 Å². The zero-order valence-corrected chi connectivity index (χ0v) is 12.4. The maximum absolute atomic E-state index is 10.6. The number of carbonyl (C=O) groups excluding carboxylic acids is 1. The highest BCUT2D eigenvalue weighted by molar-refractivity contribution is 5.67. The van der Waals surface area contributed by atoms with Crippen LogP contribution < -0.4 is 0 Å². The third-order valence-electron chi connectivity index (χ3n) is 4.00. The van der Waals surface area contributed by atoms with Crippen molar-refractivity contribution in [1.82, 2.24) is 0 Å². The summed E-state index contributed by atoms with van der Waals surface area (Å²) < 4.78 is 0. The number of carbonyl (C=O) groups is 1. The number of hydrogen-bond donors (Lipinski definition) is 0. The van der Waals surface area contributed by atoms with Crippen LogP contribution in [-0.4, -0.2) is 6.29 Å². The third kappa shape index (κ3) is 3.69. The Morgan fingerprint density at radius 2 is 2.11 bits per heavy atom. The summed E-state index contributed by atoms with van der Waals surface area (Å²) in [7, 11) is 0. The Morgan fingerprint density at radius 3 is 2.61 bits per heavy atom. The summed E-state index contributed by atoms with van der Waals surface area (Å²) in [5.74, 6) is 0.877. The van der Waals surface area contributed by atoms with Gasteiger partial charge in [-0.3, -0.25) is 4.79 Å². The van der Waals surface area contributed by atoms with Crippen LogP contribution in [0.15, 0.2) is 35.5 Å². The minimum absolute atomic E-state index is 0.318. The molecule has 1 aliphatic carbocycles. The Morgan fingerprint density at radius 1 is 1.44 bits per heavy atom. The van der Waals surface area contributed by atoms with Crippen LogP contribution in [0.25, 0.3) is 0 Å². The Hall–Kier alpha value is -1.11. The fraction of sp³-hybridized carbons (Fsp3) is 0.588. The highest BCUT2D eigenvalue weighted by atomic mass is 16.1. The quantitative estimate of drug-likeness (QED) is 0.304. The number of hydrogen-bond acceptors (Lipinski definition) is 1. The molecule has 1 rings (SSSR count). The van der Waals surface area contributed by atoms with E-state index in [9.17, 15) is 4.79 Å². The molecule has 0 aromatic heterocycles. The molecule has 0 radical (unpaired) electrons. The first-order valence-electron chi connectivity index (χ1n) is 6.88. The van der Waals surface area contributed by atoms with E-state index in [4.69, 9.17) is 0 Å². The zero-order chi connectivity index (χ0) is 13.8. The van der Waals surface area contributed by atoms with E-state index in [-0.39, 0.29) is 0 Å². The molecule has 1 nitrogen and oxygen atoms in total. The highest BCUT2D eigenvalue weighted by Gasteiger charge is 2.30. The van der Waals surface area contributed by atoms with Crippen LogP contribution in [0.5, 0.6) is 0 Å². The second kappa shape index (κ2) is 6.17. The van der Waals surface area contributed by atoms with E-state index >= 15 is 0 Å². The Kier molecular flexibility index (Phi) is 5.13. The van der Waals surface area contributed by atoms with Gasteiger partial charge in [-0.15, -0.1) is 0 Å². The molecular formula is C17H26O. The van der Waals surface area contributed by atoms with Crippen molar-refractivity contribution in [3.8, 4) is 0 Å². The summed E-state index contributed by atoms with van der Waals surface area (Å²) in [4.78, 5) is 10.6. The summed E-state index contributed by atoms with van der Waals surface area (Å²) in [5.41, 5.74) is 2.88. The molecule has 0 saturated heterocycles. The average Bonchev–Trinajstić information content (AvgIpc) is 2.25. The van der Waals surface area contributed by atoms with E-state index in [0.29, 0.717) is 17.3 Å². The van der Waals surface area contributed by atoms with Gasteiger partial charge in [0.1, 0.15) is 6.29 Å². The first kappa shape index (κ1) is 14.9. The van der Waals surface area contributed by atoms with Crippen molar-refractivity contribution in [2.75, 3.05) is 0 Å². The van der Waals surface area contributed by atoms with Gasteiger partial charge in [-0.05, 0) is 42.7 Å². The molecular weight excluding hydrogens is 220 g/mol. The van der Waals surface area contributed by atoms with Gasteiger partial charge in [-0.1, -0.05) is 51.5 Å². The average molecular weight is 246 g/mol. The lowest BCUT2D eigenvalue weighted by atomic mass is 9.68. The Balaban J connectivity index is 2.93. The van der Waals surface area contributed by atoms with Crippen molar-refractivity contribution in [3.63, 3.8) is 0 Å². The van der Waals surface area contributed by atoms with E-state index in [2.05, 4.69) is 52.8 Å². The molecule has 0 bridgehead atoms. The molecule has 18 heavy (non-hydrogen) atoms. The van der Waals surface area contributed by atoms with Crippen LogP contribution in [0, 0.1) is 17.3 Å². The second-order valence-corrected chi connectivity index (χ2v) is 6.27. The molecule has 1 atom stereocenters. The molecule has 1 unspecified atom stereocenters. The van der Waals surface area contributed by atoms with Crippen molar-refractivity contribution >= 4 is 6.29 Å². The van der Waals surface area contributed by atoms with E-state index in [0.717, 1.165) is 11.9 Å². The SMILES string of the molecule is CC1=CCCC(C)(C)C1/C=C/C(=C/C=O)C(C)C. The molecule has 0 amide bonds. The largest absolute Gasteiger partial charge is 0.299 e. The third-order valence-corrected chi connectivity index (χ3v) is 4.00. The molecule has 0 spiro atoms. The summed E-state index contributed by atoms with van der Waals surface area (Å²) in [5, 5.41) is 0. The first-order valence-corrected chi connectivity index (χ1v) is 6.88. The van der Waals surface area contributed by atoms with E-state index < -0.39 is 0 Å². The van der Waals surface area contributed by atoms with Gasteiger partial charge in [-0.2, -0.15) is 0 Å². The van der Waals surface area contributed by atoms with Crippen molar-refractivity contribution in [1.29, 1.82) is 0 Å². The molecule has 0 saturated carbocycles. The normalized spacial score (nSPS) is 24.4. The number of allylic oxidation sites excluding steroid dienone is 6. The maximum atomic E-state index is 10.6.